The van der Waals surface area contributed by atoms with Crippen LogP contribution in [0.2, 0.25) is 0 Å². The van der Waals surface area contributed by atoms with E-state index < -0.39 is 6.36 Å². The summed E-state index contributed by atoms with van der Waals surface area (Å²) < 4.78 is 40.0. The van der Waals surface area contributed by atoms with Crippen LogP contribution < -0.4 is 15.4 Å². The Balaban J connectivity index is 1.59. The van der Waals surface area contributed by atoms with Gasteiger partial charge in [-0.3, -0.25) is 9.59 Å². The molecule has 0 radical (unpaired) electrons. The number of benzene rings is 1. The molecule has 2 N–H and O–H groups in total. The SMILES string of the molecule is C[C@@H]1C[C@H]1C(=O)NCCC(=O)NCCc1ccc(OC(F)(F)F)cc1. The standard InChI is InChI=1S/C17H21F3N2O3/c1-11-10-14(11)16(24)22-9-7-15(23)21-8-6-12-2-4-13(5-3-12)25-17(18,19)20/h2-5,11,14H,6-10H2,1H3,(H,21,23)(H,22,24)/t11-,14-/m1/s1. The Morgan fingerprint density at radius 3 is 2.36 bits per heavy atom. The molecule has 1 fully saturated rings. The largest absolute Gasteiger partial charge is 0.573 e. The van der Waals surface area contributed by atoms with Crippen LogP contribution in [0.15, 0.2) is 24.3 Å². The van der Waals surface area contributed by atoms with Crippen LogP contribution in [-0.4, -0.2) is 31.3 Å². The van der Waals surface area contributed by atoms with Crippen molar-refractivity contribution in [1.29, 1.82) is 0 Å². The summed E-state index contributed by atoms with van der Waals surface area (Å²) in [4.78, 5) is 23.3. The van der Waals surface area contributed by atoms with Crippen molar-refractivity contribution in [3.63, 3.8) is 0 Å². The minimum absolute atomic E-state index is 0.00136. The molecule has 8 heteroatoms. The van der Waals surface area contributed by atoms with Crippen LogP contribution in [0, 0.1) is 11.8 Å². The van der Waals surface area contributed by atoms with Crippen molar-refractivity contribution >= 4 is 11.8 Å². The maximum atomic E-state index is 12.1. The third-order valence-electron chi connectivity index (χ3n) is 3.99. The first-order valence-corrected chi connectivity index (χ1v) is 8.13. The number of rotatable bonds is 8. The van der Waals surface area contributed by atoms with Gasteiger partial charge < -0.3 is 15.4 Å². The number of hydrogen-bond acceptors (Lipinski definition) is 3. The lowest BCUT2D eigenvalue weighted by atomic mass is 10.1. The lowest BCUT2D eigenvalue weighted by Gasteiger charge is -2.10. The fourth-order valence-electron chi connectivity index (χ4n) is 2.41. The maximum Gasteiger partial charge on any atom is 0.573 e. The number of amides is 2. The maximum absolute atomic E-state index is 12.1. The monoisotopic (exact) mass is 358 g/mol. The molecule has 1 aliphatic rings. The van der Waals surface area contributed by atoms with E-state index in [2.05, 4.69) is 15.4 Å². The summed E-state index contributed by atoms with van der Waals surface area (Å²) in [6, 6.07) is 5.51. The van der Waals surface area contributed by atoms with Crippen molar-refractivity contribution in [2.75, 3.05) is 13.1 Å². The van der Waals surface area contributed by atoms with Crippen molar-refractivity contribution < 1.29 is 27.5 Å². The molecule has 0 aromatic heterocycles. The summed E-state index contributed by atoms with van der Waals surface area (Å²) in [6.45, 7) is 2.68. The summed E-state index contributed by atoms with van der Waals surface area (Å²) in [5.74, 6) is 0.0674. The molecule has 1 aromatic carbocycles. The smallest absolute Gasteiger partial charge is 0.406 e. The van der Waals surface area contributed by atoms with Crippen molar-refractivity contribution in [3.05, 3.63) is 29.8 Å². The quantitative estimate of drug-likeness (QED) is 0.750. The van der Waals surface area contributed by atoms with Crippen LogP contribution in [-0.2, 0) is 16.0 Å². The second-order valence-electron chi connectivity index (χ2n) is 6.15. The van der Waals surface area contributed by atoms with E-state index in [1.807, 2.05) is 6.92 Å². The molecule has 1 aromatic rings. The van der Waals surface area contributed by atoms with Gasteiger partial charge in [0.25, 0.3) is 0 Å². The van der Waals surface area contributed by atoms with Gasteiger partial charge in [-0.05, 0) is 36.5 Å². The van der Waals surface area contributed by atoms with Gasteiger partial charge in [0.2, 0.25) is 11.8 Å². The van der Waals surface area contributed by atoms with Crippen LogP contribution in [0.3, 0.4) is 0 Å². The Kier molecular flexibility index (Phi) is 6.27. The Morgan fingerprint density at radius 1 is 1.16 bits per heavy atom. The Bertz CT molecular complexity index is 602. The number of hydrogen-bond donors (Lipinski definition) is 2. The van der Waals surface area contributed by atoms with E-state index in [-0.39, 0.29) is 29.9 Å². The van der Waals surface area contributed by atoms with Gasteiger partial charge in [-0.2, -0.15) is 0 Å². The fraction of sp³-hybridized carbons (Fsp3) is 0.529. The Hall–Kier alpha value is -2.25. The lowest BCUT2D eigenvalue weighted by Crippen LogP contribution is -2.32. The molecule has 0 bridgehead atoms. The molecule has 0 aliphatic heterocycles. The molecule has 138 valence electrons. The highest BCUT2D eigenvalue weighted by atomic mass is 19.4. The van der Waals surface area contributed by atoms with Crippen LogP contribution >= 0.6 is 0 Å². The van der Waals surface area contributed by atoms with Crippen molar-refractivity contribution in [2.45, 2.75) is 32.5 Å². The third kappa shape index (κ3) is 7.03. The first-order chi connectivity index (χ1) is 11.7. The molecule has 2 amide bonds. The van der Waals surface area contributed by atoms with Crippen LogP contribution in [0.5, 0.6) is 5.75 Å². The highest BCUT2D eigenvalue weighted by molar-refractivity contribution is 5.82. The predicted octanol–water partition coefficient (Wildman–Crippen LogP) is 2.41. The average molecular weight is 358 g/mol. The molecule has 0 saturated heterocycles. The highest BCUT2D eigenvalue weighted by Crippen LogP contribution is 2.37. The Labute approximate surface area is 143 Å². The minimum atomic E-state index is -4.71. The summed E-state index contributed by atoms with van der Waals surface area (Å²) in [7, 11) is 0. The first-order valence-electron chi connectivity index (χ1n) is 8.13. The first kappa shape index (κ1) is 19.1. The van der Waals surface area contributed by atoms with Gasteiger partial charge in [0.15, 0.2) is 0 Å². The summed E-state index contributed by atoms with van der Waals surface area (Å²) in [5.41, 5.74) is 0.783. The molecule has 25 heavy (non-hydrogen) atoms. The van der Waals surface area contributed by atoms with Crippen LogP contribution in [0.1, 0.15) is 25.3 Å². The van der Waals surface area contributed by atoms with Gasteiger partial charge in [0, 0.05) is 25.4 Å². The molecule has 0 unspecified atom stereocenters. The number of halogens is 3. The van der Waals surface area contributed by atoms with Crippen molar-refractivity contribution in [3.8, 4) is 5.75 Å². The molecule has 0 spiro atoms. The summed E-state index contributed by atoms with van der Waals surface area (Å²) >= 11 is 0. The van der Waals surface area contributed by atoms with E-state index in [0.29, 0.717) is 25.4 Å². The normalized spacial score (nSPS) is 19.2. The molecule has 5 nitrogen and oxygen atoms in total. The van der Waals surface area contributed by atoms with Gasteiger partial charge in [0.05, 0.1) is 0 Å². The van der Waals surface area contributed by atoms with Gasteiger partial charge in [0.1, 0.15) is 5.75 Å². The van der Waals surface area contributed by atoms with Crippen molar-refractivity contribution in [1.82, 2.24) is 10.6 Å². The third-order valence-corrected chi connectivity index (χ3v) is 3.99. The zero-order valence-corrected chi connectivity index (χ0v) is 13.9. The lowest BCUT2D eigenvalue weighted by molar-refractivity contribution is -0.274. The second kappa shape index (κ2) is 8.22. The summed E-state index contributed by atoms with van der Waals surface area (Å²) in [5, 5.41) is 5.44. The average Bonchev–Trinajstić information content (AvgIpc) is 3.24. The van der Waals surface area contributed by atoms with E-state index in [1.54, 1.807) is 0 Å². The van der Waals surface area contributed by atoms with Crippen LogP contribution in [0.4, 0.5) is 13.2 Å². The number of carbonyl (C=O) groups excluding carboxylic acids is 2. The van der Waals surface area contributed by atoms with E-state index >= 15 is 0 Å². The molecule has 1 aliphatic carbocycles. The molecular weight excluding hydrogens is 337 g/mol. The number of alkyl halides is 3. The molecule has 0 heterocycles. The number of ether oxygens (including phenoxy) is 1. The van der Waals surface area contributed by atoms with E-state index in [9.17, 15) is 22.8 Å². The second-order valence-corrected chi connectivity index (χ2v) is 6.15. The van der Waals surface area contributed by atoms with E-state index in [4.69, 9.17) is 0 Å². The molecule has 2 rings (SSSR count). The molecule has 1 saturated carbocycles. The summed E-state index contributed by atoms with van der Waals surface area (Å²) in [6.07, 6.45) is -3.11. The Morgan fingerprint density at radius 2 is 1.80 bits per heavy atom. The predicted molar refractivity (Wildman–Crippen MR) is 84.7 cm³/mol. The zero-order chi connectivity index (χ0) is 18.4. The van der Waals surface area contributed by atoms with Gasteiger partial charge in [-0.1, -0.05) is 19.1 Å². The molecule has 2 atom stereocenters. The minimum Gasteiger partial charge on any atom is -0.406 e. The van der Waals surface area contributed by atoms with Crippen molar-refractivity contribution in [2.24, 2.45) is 11.8 Å². The highest BCUT2D eigenvalue weighted by Gasteiger charge is 2.38. The van der Waals surface area contributed by atoms with Gasteiger partial charge in [-0.25, -0.2) is 0 Å². The van der Waals surface area contributed by atoms with Gasteiger partial charge in [-0.15, -0.1) is 13.2 Å². The fourth-order valence-corrected chi connectivity index (χ4v) is 2.41. The number of nitrogens with one attached hydrogen (secondary N) is 2. The number of carbonyl (C=O) groups is 2. The zero-order valence-electron chi connectivity index (χ0n) is 13.9. The van der Waals surface area contributed by atoms with Crippen LogP contribution in [0.25, 0.3) is 0 Å². The van der Waals surface area contributed by atoms with E-state index in [1.165, 1.54) is 24.3 Å². The topological polar surface area (TPSA) is 67.4 Å². The van der Waals surface area contributed by atoms with Gasteiger partial charge >= 0.3 is 6.36 Å². The molecular formula is C17H21F3N2O3. The van der Waals surface area contributed by atoms with E-state index in [0.717, 1.165) is 12.0 Å².